The monoisotopic (exact) mass is 794 g/mol. The van der Waals surface area contributed by atoms with E-state index in [0.717, 1.165) is 76.0 Å². The third-order valence-electron chi connectivity index (χ3n) is 13.4. The quantitative estimate of drug-likeness (QED) is 0.236. The lowest BCUT2D eigenvalue weighted by Gasteiger charge is -2.32. The molecule has 5 fully saturated rings. The van der Waals surface area contributed by atoms with E-state index in [0.29, 0.717) is 42.6 Å². The minimum atomic E-state index is -3.86. The highest BCUT2D eigenvalue weighted by molar-refractivity contribution is 7.91. The third-order valence-corrected chi connectivity index (χ3v) is 15.2. The number of alkyl carbamates (subject to hydrolysis) is 1. The van der Waals surface area contributed by atoms with Crippen molar-refractivity contribution in [2.24, 2.45) is 17.8 Å². The van der Waals surface area contributed by atoms with Crippen molar-refractivity contribution < 1.29 is 47.0 Å². The van der Waals surface area contributed by atoms with Gasteiger partial charge in [-0.25, -0.2) is 13.2 Å². The molecule has 15 heteroatoms. The van der Waals surface area contributed by atoms with Crippen molar-refractivity contribution in [3.8, 4) is 5.75 Å². The lowest BCUT2D eigenvalue weighted by atomic mass is 9.96. The predicted molar refractivity (Wildman–Crippen MR) is 204 cm³/mol. The van der Waals surface area contributed by atoms with Gasteiger partial charge in [0, 0.05) is 29.7 Å². The van der Waals surface area contributed by atoms with Crippen LogP contribution in [0.15, 0.2) is 30.3 Å². The first kappa shape index (κ1) is 38.7. The van der Waals surface area contributed by atoms with Crippen molar-refractivity contribution in [3.63, 3.8) is 0 Å². The van der Waals surface area contributed by atoms with Crippen LogP contribution in [0.1, 0.15) is 115 Å². The fourth-order valence-corrected chi connectivity index (χ4v) is 11.3. The average Bonchev–Trinajstić information content (AvgIpc) is 3.96. The van der Waals surface area contributed by atoms with Gasteiger partial charge in [-0.2, -0.15) is 0 Å². The SMILES string of the molecule is CC[C@@H]1C[C@]1(NC(=O)[C@@H]1C[C@@H]2CN1C(=O)[C@H](C1CCCC1)NC(=O)O[C@H]1CCC[C@@H]1CCCCCc1c(cc3ccccc3[n+]1O)O2)C(=O)NS(=O)(=O)C1CC1. The molecule has 0 unspecified atom stereocenters. The Morgan fingerprint density at radius 2 is 1.70 bits per heavy atom. The number of amides is 4. The Bertz CT molecular complexity index is 1970. The van der Waals surface area contributed by atoms with E-state index < -0.39 is 62.8 Å². The molecule has 6 aliphatic rings. The zero-order valence-corrected chi connectivity index (χ0v) is 33.1. The molecule has 2 aromatic rings. The number of pyridine rings is 1. The second-order valence-electron chi connectivity index (χ2n) is 17.2. The first-order valence-corrected chi connectivity index (χ1v) is 22.5. The molecule has 304 valence electrons. The van der Waals surface area contributed by atoms with Gasteiger partial charge in [-0.05, 0) is 88.0 Å². The molecule has 4 saturated carbocycles. The average molecular weight is 795 g/mol. The van der Waals surface area contributed by atoms with Crippen LogP contribution in [0.4, 0.5) is 4.79 Å². The van der Waals surface area contributed by atoms with Crippen molar-refractivity contribution >= 4 is 44.7 Å². The Morgan fingerprint density at radius 3 is 2.45 bits per heavy atom. The van der Waals surface area contributed by atoms with E-state index in [-0.39, 0.29) is 43.2 Å². The molecular weight excluding hydrogens is 739 g/mol. The zero-order chi connectivity index (χ0) is 39.2. The van der Waals surface area contributed by atoms with Crippen molar-refractivity contribution in [2.75, 3.05) is 6.54 Å². The summed E-state index contributed by atoms with van der Waals surface area (Å²) in [7, 11) is -3.86. The largest absolute Gasteiger partial charge is 0.482 e. The highest BCUT2D eigenvalue weighted by atomic mass is 32.2. The number of aromatic nitrogens is 1. The highest BCUT2D eigenvalue weighted by Crippen LogP contribution is 2.47. The molecule has 0 radical (unpaired) electrons. The Kier molecular flexibility index (Phi) is 10.8. The number of carbonyl (C=O) groups excluding carboxylic acids is 4. The van der Waals surface area contributed by atoms with Crippen LogP contribution in [0, 0.1) is 17.8 Å². The molecule has 14 nitrogen and oxygen atoms in total. The number of para-hydroxylation sites is 1. The van der Waals surface area contributed by atoms with E-state index in [2.05, 4.69) is 15.4 Å². The van der Waals surface area contributed by atoms with Gasteiger partial charge in [0.15, 0.2) is 5.75 Å². The van der Waals surface area contributed by atoms with Crippen LogP contribution in [-0.2, 0) is 35.6 Å². The van der Waals surface area contributed by atoms with Gasteiger partial charge in [0.1, 0.15) is 29.8 Å². The zero-order valence-electron chi connectivity index (χ0n) is 32.2. The Balaban J connectivity index is 1.13. The summed E-state index contributed by atoms with van der Waals surface area (Å²) >= 11 is 0. The highest BCUT2D eigenvalue weighted by Gasteiger charge is 2.62. The van der Waals surface area contributed by atoms with Crippen LogP contribution in [0.25, 0.3) is 10.9 Å². The van der Waals surface area contributed by atoms with Gasteiger partial charge < -0.3 is 25.0 Å². The summed E-state index contributed by atoms with van der Waals surface area (Å²) in [4.78, 5) is 58.1. The molecular formula is C41H56N5O9S+. The van der Waals surface area contributed by atoms with Crippen molar-refractivity contribution in [1.29, 1.82) is 0 Å². The fourth-order valence-electron chi connectivity index (χ4n) is 9.97. The van der Waals surface area contributed by atoms with Crippen LogP contribution in [0.5, 0.6) is 5.75 Å². The van der Waals surface area contributed by atoms with Crippen molar-refractivity contribution in [2.45, 2.75) is 151 Å². The van der Waals surface area contributed by atoms with Crippen LogP contribution >= 0.6 is 0 Å². The number of ether oxygens (including phenoxy) is 2. The molecule has 0 spiro atoms. The van der Waals surface area contributed by atoms with Gasteiger partial charge in [-0.3, -0.25) is 24.3 Å². The second-order valence-corrected chi connectivity index (χ2v) is 19.1. The number of sulfonamides is 1. The molecule has 4 amide bonds. The van der Waals surface area contributed by atoms with Gasteiger partial charge in [0.25, 0.3) is 17.1 Å². The lowest BCUT2D eigenvalue weighted by molar-refractivity contribution is -0.889. The summed E-state index contributed by atoms with van der Waals surface area (Å²) in [6.45, 7) is 1.91. The minimum Gasteiger partial charge on any atom is -0.482 e. The fraction of sp³-hybridized carbons (Fsp3) is 0.683. The van der Waals surface area contributed by atoms with Gasteiger partial charge >= 0.3 is 6.09 Å². The van der Waals surface area contributed by atoms with E-state index >= 15 is 0 Å². The number of hydrogen-bond donors (Lipinski definition) is 4. The molecule has 4 aliphatic carbocycles. The van der Waals surface area contributed by atoms with Gasteiger partial charge in [0.2, 0.25) is 21.8 Å². The van der Waals surface area contributed by atoms with Crippen molar-refractivity contribution in [1.82, 2.24) is 20.3 Å². The summed E-state index contributed by atoms with van der Waals surface area (Å²) in [5, 5.41) is 17.6. The molecule has 3 heterocycles. The molecule has 1 aromatic carbocycles. The molecule has 8 rings (SSSR count). The van der Waals surface area contributed by atoms with E-state index in [1.165, 1.54) is 9.63 Å². The molecule has 2 aliphatic heterocycles. The number of hydrogen-bond acceptors (Lipinski definition) is 9. The summed E-state index contributed by atoms with van der Waals surface area (Å²) in [6.07, 6.45) is 10.4. The van der Waals surface area contributed by atoms with Gasteiger partial charge in [0.05, 0.1) is 17.2 Å². The molecule has 7 atom stereocenters. The summed E-state index contributed by atoms with van der Waals surface area (Å²) in [5.41, 5.74) is -0.183. The lowest BCUT2D eigenvalue weighted by Crippen LogP contribution is -2.59. The molecule has 1 aromatic heterocycles. The summed E-state index contributed by atoms with van der Waals surface area (Å²) in [5.74, 6) is -1.48. The maximum Gasteiger partial charge on any atom is 0.408 e. The molecule has 56 heavy (non-hydrogen) atoms. The Labute approximate surface area is 328 Å². The maximum atomic E-state index is 14.9. The van der Waals surface area contributed by atoms with E-state index in [9.17, 15) is 32.8 Å². The maximum absolute atomic E-state index is 14.9. The van der Waals surface area contributed by atoms with Crippen molar-refractivity contribution in [3.05, 3.63) is 36.0 Å². The first-order valence-electron chi connectivity index (χ1n) is 21.0. The molecule has 4 N–H and O–H groups in total. The van der Waals surface area contributed by atoms with Gasteiger partial charge in [-0.15, -0.1) is 0 Å². The van der Waals surface area contributed by atoms with E-state index in [1.807, 2.05) is 37.3 Å². The molecule has 2 bridgehead atoms. The second kappa shape index (κ2) is 15.7. The Hall–Kier alpha value is -4.14. The number of benzene rings is 1. The number of carbonyl (C=O) groups is 4. The minimum absolute atomic E-state index is 0.0196. The predicted octanol–water partition coefficient (Wildman–Crippen LogP) is 4.18. The number of fused-ring (bicyclic) bond motifs is 5. The van der Waals surface area contributed by atoms with Crippen LogP contribution < -0.4 is 24.8 Å². The van der Waals surface area contributed by atoms with Crippen LogP contribution in [0.2, 0.25) is 0 Å². The Morgan fingerprint density at radius 1 is 0.964 bits per heavy atom. The number of nitrogens with zero attached hydrogens (tertiary/aromatic N) is 2. The topological polar surface area (TPSA) is 184 Å². The summed E-state index contributed by atoms with van der Waals surface area (Å²) < 4.78 is 41.8. The van der Waals surface area contributed by atoms with Gasteiger partial charge in [-0.1, -0.05) is 51.2 Å². The van der Waals surface area contributed by atoms with Crippen LogP contribution in [0.3, 0.4) is 0 Å². The smallest absolute Gasteiger partial charge is 0.408 e. The number of nitrogens with one attached hydrogen (secondary N) is 3. The number of rotatable bonds is 7. The first-order chi connectivity index (χ1) is 27.0. The van der Waals surface area contributed by atoms with E-state index in [4.69, 9.17) is 9.47 Å². The molecule has 1 saturated heterocycles. The van der Waals surface area contributed by atoms with E-state index in [1.54, 1.807) is 0 Å². The van der Waals surface area contributed by atoms with Crippen LogP contribution in [-0.4, -0.2) is 84.0 Å². The third kappa shape index (κ3) is 7.76. The summed E-state index contributed by atoms with van der Waals surface area (Å²) in [6, 6.07) is 7.37. The normalized spacial score (nSPS) is 31.6. The standard InChI is InChI=1S/C41H55N5O9S/c1-2-28-23-41(28,39(49)44-56(52,53)30-19-20-30)43-37(47)33-22-29-24-45(33)38(48)36(26-12-6-7-13-26)42-40(50)55-34-18-10-15-25(34)11-4-3-5-17-32-35(54-29)21-27-14-8-9-16-31(27)46(32)51/h8-9,14,16,21,25-26,28-30,33-34,36H,2-7,10-13,15,17-20,22-24H2,1H3,(H3-,42,43,44,47,49,50,51)/p+1/t25-,28+,29+,33-,34-,36-,41+/m0/s1.